The van der Waals surface area contributed by atoms with E-state index in [1.165, 1.54) is 0 Å². The van der Waals surface area contributed by atoms with Crippen molar-refractivity contribution in [1.29, 1.82) is 0 Å². The van der Waals surface area contributed by atoms with Crippen molar-refractivity contribution in [3.05, 3.63) is 47.5 Å². The summed E-state index contributed by atoms with van der Waals surface area (Å²) < 4.78 is 22.8. The van der Waals surface area contributed by atoms with Crippen molar-refractivity contribution in [2.75, 3.05) is 21.3 Å². The number of aliphatic hydroxyl groups is 1. The number of methoxy groups -OCH3 is 3. The first-order chi connectivity index (χ1) is 13.1. The lowest BCUT2D eigenvalue weighted by atomic mass is 10.00. The Balaban J connectivity index is 2.54. The molecule has 28 heavy (non-hydrogen) atoms. The maximum absolute atomic E-state index is 11.2. The predicted octanol–water partition coefficient (Wildman–Crippen LogP) is 5.18. The zero-order valence-electron chi connectivity index (χ0n) is 18.1. The largest absolute Gasteiger partial charge is 0.541 e. The molecule has 0 saturated carbocycles. The summed E-state index contributed by atoms with van der Waals surface area (Å²) in [5, 5.41) is 11.2. The van der Waals surface area contributed by atoms with Crippen LogP contribution in [0.3, 0.4) is 0 Å². The minimum Gasteiger partial charge on any atom is -0.541 e. The summed E-state index contributed by atoms with van der Waals surface area (Å²) in [6.45, 7) is 10.9. The van der Waals surface area contributed by atoms with Crippen LogP contribution in [-0.2, 0) is 0 Å². The summed E-state index contributed by atoms with van der Waals surface area (Å²) >= 11 is 0. The topological polar surface area (TPSA) is 57.2 Å². The fourth-order valence-corrected chi connectivity index (χ4v) is 3.66. The Morgan fingerprint density at radius 3 is 2.00 bits per heavy atom. The van der Waals surface area contributed by atoms with E-state index in [-0.39, 0.29) is 5.04 Å². The highest BCUT2D eigenvalue weighted by atomic mass is 28.4. The molecule has 0 aliphatic rings. The van der Waals surface area contributed by atoms with E-state index in [2.05, 4.69) is 33.9 Å². The van der Waals surface area contributed by atoms with Crippen molar-refractivity contribution < 1.29 is 23.7 Å². The first-order valence-corrected chi connectivity index (χ1v) is 12.2. The summed E-state index contributed by atoms with van der Waals surface area (Å²) in [6.07, 6.45) is -0.894. The zero-order chi connectivity index (χ0) is 21.1. The van der Waals surface area contributed by atoms with Crippen LogP contribution in [0.1, 0.15) is 38.0 Å². The average Bonchev–Trinajstić information content (AvgIpc) is 2.65. The summed E-state index contributed by atoms with van der Waals surface area (Å²) in [6, 6.07) is 11.0. The molecule has 0 spiro atoms. The van der Waals surface area contributed by atoms with Gasteiger partial charge in [-0.05, 0) is 41.9 Å². The molecule has 2 aromatic carbocycles. The Morgan fingerprint density at radius 2 is 1.46 bits per heavy atom. The maximum Gasteiger partial charge on any atom is 0.250 e. The van der Waals surface area contributed by atoms with Gasteiger partial charge in [0.25, 0.3) is 8.32 Å². The molecule has 0 heterocycles. The van der Waals surface area contributed by atoms with Crippen LogP contribution in [0.15, 0.2) is 36.4 Å². The molecule has 1 unspecified atom stereocenters. The van der Waals surface area contributed by atoms with Crippen LogP contribution >= 0.6 is 0 Å². The third-order valence-corrected chi connectivity index (χ3v) is 9.74. The number of benzene rings is 2. The molecule has 0 aliphatic carbocycles. The maximum atomic E-state index is 11.2. The van der Waals surface area contributed by atoms with Gasteiger partial charge in [-0.3, -0.25) is 0 Å². The molecule has 6 heteroatoms. The molecule has 1 atom stereocenters. The lowest BCUT2D eigenvalue weighted by Gasteiger charge is -2.37. The molecular formula is C22H32O5Si. The lowest BCUT2D eigenvalue weighted by molar-refractivity contribution is 0.215. The summed E-state index contributed by atoms with van der Waals surface area (Å²) in [4.78, 5) is 0. The van der Waals surface area contributed by atoms with Crippen LogP contribution in [0, 0.1) is 0 Å². The van der Waals surface area contributed by atoms with Crippen LogP contribution in [0.5, 0.6) is 23.0 Å². The van der Waals surface area contributed by atoms with E-state index in [0.717, 1.165) is 0 Å². The molecule has 0 saturated heterocycles. The molecule has 0 aliphatic heterocycles. The van der Waals surface area contributed by atoms with Crippen molar-refractivity contribution in [2.24, 2.45) is 0 Å². The molecule has 2 rings (SSSR count). The third-order valence-electron chi connectivity index (χ3n) is 5.41. The molecule has 2 aromatic rings. The van der Waals surface area contributed by atoms with E-state index in [1.54, 1.807) is 33.5 Å². The van der Waals surface area contributed by atoms with Crippen LogP contribution in [0.2, 0.25) is 18.1 Å². The van der Waals surface area contributed by atoms with Crippen molar-refractivity contribution in [3.8, 4) is 23.0 Å². The fraction of sp³-hybridized carbons (Fsp3) is 0.455. The summed E-state index contributed by atoms with van der Waals surface area (Å²) in [5.74, 6) is 2.39. The summed E-state index contributed by atoms with van der Waals surface area (Å²) in [5.41, 5.74) is 1.35. The van der Waals surface area contributed by atoms with E-state index in [4.69, 9.17) is 18.6 Å². The standard InChI is InChI=1S/C22H32O5Si/c1-22(2,3)28(7,8)27-21-16(10-9-11-18(21)25-5)20(23)15-12-13-17(24-4)19(14-15)26-6/h9-14,20,23H,1-8H3. The Morgan fingerprint density at radius 1 is 0.857 bits per heavy atom. The Kier molecular flexibility index (Phi) is 6.67. The number of para-hydroxylation sites is 1. The highest BCUT2D eigenvalue weighted by Gasteiger charge is 2.40. The lowest BCUT2D eigenvalue weighted by Crippen LogP contribution is -2.44. The van der Waals surface area contributed by atoms with Crippen molar-refractivity contribution in [1.82, 2.24) is 0 Å². The minimum atomic E-state index is -2.14. The van der Waals surface area contributed by atoms with Gasteiger partial charge < -0.3 is 23.7 Å². The number of rotatable bonds is 7. The van der Waals surface area contributed by atoms with Gasteiger partial charge in [-0.25, -0.2) is 0 Å². The Hall–Kier alpha value is -2.18. The second-order valence-corrected chi connectivity index (χ2v) is 13.0. The van der Waals surface area contributed by atoms with Crippen molar-refractivity contribution in [2.45, 2.75) is 45.0 Å². The van der Waals surface area contributed by atoms with Gasteiger partial charge in [0.1, 0.15) is 6.10 Å². The SMILES string of the molecule is COc1ccc(C(O)c2cccc(OC)c2O[Si](C)(C)C(C)(C)C)cc1OC. The normalized spacial score (nSPS) is 13.0. The van der Waals surface area contributed by atoms with Gasteiger partial charge in [-0.1, -0.05) is 39.0 Å². The van der Waals surface area contributed by atoms with Crippen LogP contribution in [0.25, 0.3) is 0 Å². The van der Waals surface area contributed by atoms with E-state index in [1.807, 2.05) is 24.3 Å². The van der Waals surface area contributed by atoms with Crippen LogP contribution in [0.4, 0.5) is 0 Å². The smallest absolute Gasteiger partial charge is 0.250 e. The Bertz CT molecular complexity index is 811. The zero-order valence-corrected chi connectivity index (χ0v) is 19.1. The van der Waals surface area contributed by atoms with Gasteiger partial charge in [0.2, 0.25) is 0 Å². The first-order valence-electron chi connectivity index (χ1n) is 9.31. The van der Waals surface area contributed by atoms with E-state index in [0.29, 0.717) is 34.1 Å². The molecule has 154 valence electrons. The van der Waals surface area contributed by atoms with Gasteiger partial charge in [-0.2, -0.15) is 0 Å². The fourth-order valence-electron chi connectivity index (χ4n) is 2.63. The van der Waals surface area contributed by atoms with Gasteiger partial charge in [0.05, 0.1) is 21.3 Å². The number of hydrogen-bond acceptors (Lipinski definition) is 5. The second kappa shape index (κ2) is 8.45. The summed E-state index contributed by atoms with van der Waals surface area (Å²) in [7, 11) is 2.63. The van der Waals surface area contributed by atoms with Gasteiger partial charge in [0.15, 0.2) is 23.0 Å². The third kappa shape index (κ3) is 4.44. The molecule has 5 nitrogen and oxygen atoms in total. The minimum absolute atomic E-state index is 0.0133. The highest BCUT2D eigenvalue weighted by molar-refractivity contribution is 6.74. The molecule has 0 aromatic heterocycles. The number of ether oxygens (including phenoxy) is 3. The predicted molar refractivity (Wildman–Crippen MR) is 114 cm³/mol. The van der Waals surface area contributed by atoms with Crippen LogP contribution in [-0.4, -0.2) is 34.8 Å². The number of aliphatic hydroxyl groups excluding tert-OH is 1. The molecule has 0 fully saturated rings. The quantitative estimate of drug-likeness (QED) is 0.645. The van der Waals surface area contributed by atoms with Gasteiger partial charge >= 0.3 is 0 Å². The Labute approximate surface area is 169 Å². The molecule has 0 bridgehead atoms. The van der Waals surface area contributed by atoms with E-state index in [9.17, 15) is 5.11 Å². The molecular weight excluding hydrogens is 372 g/mol. The number of hydrogen-bond donors (Lipinski definition) is 1. The molecule has 0 radical (unpaired) electrons. The van der Waals surface area contributed by atoms with E-state index < -0.39 is 14.4 Å². The van der Waals surface area contributed by atoms with Crippen molar-refractivity contribution >= 4 is 8.32 Å². The van der Waals surface area contributed by atoms with Crippen molar-refractivity contribution in [3.63, 3.8) is 0 Å². The van der Waals surface area contributed by atoms with Gasteiger partial charge in [0, 0.05) is 5.56 Å². The van der Waals surface area contributed by atoms with Crippen LogP contribution < -0.4 is 18.6 Å². The molecule has 1 N–H and O–H groups in total. The highest BCUT2D eigenvalue weighted by Crippen LogP contribution is 2.44. The molecule has 0 amide bonds. The first kappa shape index (κ1) is 22.1. The monoisotopic (exact) mass is 404 g/mol. The van der Waals surface area contributed by atoms with Gasteiger partial charge in [-0.15, -0.1) is 0 Å². The average molecular weight is 405 g/mol. The van der Waals surface area contributed by atoms with E-state index >= 15 is 0 Å². The second-order valence-electron chi connectivity index (χ2n) is 8.26.